The van der Waals surface area contributed by atoms with Crippen LogP contribution in [0, 0.1) is 18.8 Å². The highest BCUT2D eigenvalue weighted by atomic mass is 16.5. The normalized spacial score (nSPS) is 14.6. The second-order valence-electron chi connectivity index (χ2n) is 8.88. The largest absolute Gasteiger partial charge is 0.502 e. The molecule has 3 atom stereocenters. The van der Waals surface area contributed by atoms with Crippen LogP contribution >= 0.6 is 0 Å². The van der Waals surface area contributed by atoms with Crippen molar-refractivity contribution in [3.05, 3.63) is 64.1 Å². The van der Waals surface area contributed by atoms with Gasteiger partial charge in [0.2, 0.25) is 5.75 Å². The molecule has 6 heteroatoms. The quantitative estimate of drug-likeness (QED) is 0.376. The van der Waals surface area contributed by atoms with E-state index in [0.29, 0.717) is 29.4 Å². The van der Waals surface area contributed by atoms with Crippen molar-refractivity contribution in [2.24, 2.45) is 11.8 Å². The van der Waals surface area contributed by atoms with E-state index in [9.17, 15) is 9.90 Å². The molecule has 2 rings (SSSR count). The van der Waals surface area contributed by atoms with Crippen molar-refractivity contribution in [3.63, 3.8) is 0 Å². The molecule has 186 valence electrons. The van der Waals surface area contributed by atoms with E-state index in [-0.39, 0.29) is 39.9 Å². The van der Waals surface area contributed by atoms with Gasteiger partial charge in [0.15, 0.2) is 16.8 Å². The fourth-order valence-corrected chi connectivity index (χ4v) is 4.26. The Morgan fingerprint density at radius 3 is 2.41 bits per heavy atom. The van der Waals surface area contributed by atoms with Crippen molar-refractivity contribution in [1.82, 2.24) is 0 Å². The number of phenolic OH excluding ortho intramolecular Hbond substituents is 1. The van der Waals surface area contributed by atoms with Crippen LogP contribution < -0.4 is 14.9 Å². The number of hydrogen-bond donors (Lipinski definition) is 1. The minimum Gasteiger partial charge on any atom is -0.502 e. The third-order valence-electron chi connectivity index (χ3n) is 6.19. The summed E-state index contributed by atoms with van der Waals surface area (Å²) >= 11 is 0. The fourth-order valence-electron chi connectivity index (χ4n) is 4.26. The third-order valence-corrected chi connectivity index (χ3v) is 6.19. The number of ether oxygens (including phenoxy) is 3. The van der Waals surface area contributed by atoms with Gasteiger partial charge in [0.1, 0.15) is 16.9 Å². The highest BCUT2D eigenvalue weighted by Gasteiger charge is 2.25. The maximum absolute atomic E-state index is 13.1. The number of allylic oxidation sites excluding steroid dienone is 5. The van der Waals surface area contributed by atoms with Gasteiger partial charge in [0, 0.05) is 25.2 Å². The molecule has 0 aliphatic carbocycles. The zero-order valence-corrected chi connectivity index (χ0v) is 21.4. The molecular formula is C28H38O6. The molecule has 1 N–H and O–H groups in total. The van der Waals surface area contributed by atoms with E-state index in [2.05, 4.69) is 26.5 Å². The lowest BCUT2D eigenvalue weighted by Crippen LogP contribution is -2.28. The van der Waals surface area contributed by atoms with E-state index in [4.69, 9.17) is 18.6 Å². The number of aryl methyl sites for hydroxylation is 1. The van der Waals surface area contributed by atoms with Crippen molar-refractivity contribution in [2.45, 2.75) is 53.1 Å². The van der Waals surface area contributed by atoms with E-state index in [1.807, 2.05) is 25.2 Å². The van der Waals surface area contributed by atoms with Crippen molar-refractivity contribution >= 4 is 11.0 Å². The van der Waals surface area contributed by atoms with Crippen LogP contribution in [0.1, 0.15) is 44.9 Å². The Hall–Kier alpha value is -2.99. The predicted octanol–water partition coefficient (Wildman–Crippen LogP) is 6.12. The minimum atomic E-state index is -0.219. The Bertz CT molecular complexity index is 1110. The lowest BCUT2D eigenvalue weighted by molar-refractivity contribution is 0.0152. The monoisotopic (exact) mass is 470 g/mol. The van der Waals surface area contributed by atoms with Gasteiger partial charge in [-0.2, -0.15) is 0 Å². The van der Waals surface area contributed by atoms with E-state index in [0.717, 1.165) is 18.4 Å². The van der Waals surface area contributed by atoms with Crippen LogP contribution in [0.4, 0.5) is 0 Å². The minimum absolute atomic E-state index is 0.0517. The summed E-state index contributed by atoms with van der Waals surface area (Å²) in [6.07, 6.45) is 10.4. The zero-order valence-electron chi connectivity index (χ0n) is 21.4. The summed E-state index contributed by atoms with van der Waals surface area (Å²) < 4.78 is 22.4. The topological polar surface area (TPSA) is 78.1 Å². The van der Waals surface area contributed by atoms with Crippen LogP contribution in [0.25, 0.3) is 11.0 Å². The van der Waals surface area contributed by atoms with Gasteiger partial charge in [-0.05, 0) is 38.5 Å². The first kappa shape index (κ1) is 27.3. The number of phenols is 1. The Morgan fingerprint density at radius 2 is 1.82 bits per heavy atom. The van der Waals surface area contributed by atoms with Crippen LogP contribution in [0.3, 0.4) is 0 Å². The molecule has 0 fully saturated rings. The molecule has 0 radical (unpaired) electrons. The molecule has 0 saturated heterocycles. The maximum Gasteiger partial charge on any atom is 0.202 e. The fraction of sp³-hybridized carbons (Fsp3) is 0.464. The molecule has 0 spiro atoms. The van der Waals surface area contributed by atoms with E-state index >= 15 is 0 Å². The van der Waals surface area contributed by atoms with Crippen molar-refractivity contribution in [1.29, 1.82) is 0 Å². The van der Waals surface area contributed by atoms with Crippen LogP contribution in [0.2, 0.25) is 0 Å². The maximum atomic E-state index is 13.1. The third kappa shape index (κ3) is 6.32. The van der Waals surface area contributed by atoms with Gasteiger partial charge in [-0.3, -0.25) is 4.79 Å². The molecule has 6 nitrogen and oxygen atoms in total. The Kier molecular flexibility index (Phi) is 9.99. The highest BCUT2D eigenvalue weighted by Crippen LogP contribution is 2.40. The van der Waals surface area contributed by atoms with E-state index < -0.39 is 0 Å². The van der Waals surface area contributed by atoms with Gasteiger partial charge >= 0.3 is 0 Å². The average Bonchev–Trinajstić information content (AvgIpc) is 2.80. The van der Waals surface area contributed by atoms with E-state index in [1.54, 1.807) is 14.0 Å². The Morgan fingerprint density at radius 1 is 1.15 bits per heavy atom. The zero-order chi connectivity index (χ0) is 25.4. The molecule has 2 aromatic rings. The summed E-state index contributed by atoms with van der Waals surface area (Å²) in [7, 11) is 4.64. The Labute approximate surface area is 202 Å². The molecule has 34 heavy (non-hydrogen) atoms. The number of methoxy groups -OCH3 is 3. The number of aromatic hydroxyl groups is 1. The van der Waals surface area contributed by atoms with Crippen LogP contribution in [-0.4, -0.2) is 32.5 Å². The predicted molar refractivity (Wildman–Crippen MR) is 137 cm³/mol. The molecule has 0 aliphatic heterocycles. The SMILES string of the molecule is C=C(C)C=CC=CCC(C)C(OC)C(C)CCc1oc2c(O)c(OC)cc(OC)c2c(=O)c1C. The molecule has 0 bridgehead atoms. The summed E-state index contributed by atoms with van der Waals surface area (Å²) in [6, 6.07) is 1.49. The summed E-state index contributed by atoms with van der Waals surface area (Å²) in [5, 5.41) is 10.8. The standard InChI is InChI=1S/C28H38O6/c1-17(2)12-10-9-11-13-18(3)27(33-8)19(4)14-15-21-20(5)25(29)24-22(31-6)16-23(32-7)26(30)28(24)34-21/h9-12,16,18-19,27,30H,1,13-15H2,2-8H3. The number of rotatable bonds is 12. The average molecular weight is 471 g/mol. The number of benzene rings is 1. The second kappa shape index (κ2) is 12.5. The highest BCUT2D eigenvalue weighted by molar-refractivity contribution is 5.91. The smallest absolute Gasteiger partial charge is 0.202 e. The van der Waals surface area contributed by atoms with E-state index in [1.165, 1.54) is 20.3 Å². The summed E-state index contributed by atoms with van der Waals surface area (Å²) in [5.74, 6) is 1.38. The summed E-state index contributed by atoms with van der Waals surface area (Å²) in [5.41, 5.74) is 1.39. The second-order valence-corrected chi connectivity index (χ2v) is 8.88. The molecule has 0 amide bonds. The molecule has 0 saturated carbocycles. The molecule has 1 heterocycles. The van der Waals surface area contributed by atoms with Gasteiger partial charge in [0.05, 0.1) is 20.3 Å². The number of fused-ring (bicyclic) bond motifs is 1. The van der Waals surface area contributed by atoms with Crippen LogP contribution in [0.5, 0.6) is 17.2 Å². The first-order chi connectivity index (χ1) is 16.2. The molecular weight excluding hydrogens is 432 g/mol. The molecule has 3 unspecified atom stereocenters. The number of hydrogen-bond acceptors (Lipinski definition) is 6. The van der Waals surface area contributed by atoms with Gasteiger partial charge in [-0.1, -0.05) is 50.3 Å². The molecule has 1 aromatic carbocycles. The van der Waals surface area contributed by atoms with Crippen molar-refractivity contribution < 1.29 is 23.7 Å². The van der Waals surface area contributed by atoms with Gasteiger partial charge < -0.3 is 23.7 Å². The first-order valence-corrected chi connectivity index (χ1v) is 11.6. The molecule has 1 aromatic heterocycles. The lowest BCUT2D eigenvalue weighted by atomic mass is 9.87. The Balaban J connectivity index is 2.23. The van der Waals surface area contributed by atoms with Crippen molar-refractivity contribution in [3.8, 4) is 17.2 Å². The lowest BCUT2D eigenvalue weighted by Gasteiger charge is -2.28. The molecule has 0 aliphatic rings. The first-order valence-electron chi connectivity index (χ1n) is 11.6. The summed E-state index contributed by atoms with van der Waals surface area (Å²) in [6.45, 7) is 11.9. The van der Waals surface area contributed by atoms with Gasteiger partial charge in [-0.15, -0.1) is 0 Å². The van der Waals surface area contributed by atoms with Crippen molar-refractivity contribution in [2.75, 3.05) is 21.3 Å². The van der Waals surface area contributed by atoms with Crippen LogP contribution in [0.15, 0.2) is 51.7 Å². The van der Waals surface area contributed by atoms with Gasteiger partial charge in [-0.25, -0.2) is 0 Å². The van der Waals surface area contributed by atoms with Crippen LogP contribution in [-0.2, 0) is 11.2 Å². The summed E-state index contributed by atoms with van der Waals surface area (Å²) in [4.78, 5) is 13.1. The van der Waals surface area contributed by atoms with Gasteiger partial charge in [0.25, 0.3) is 0 Å².